The molecule has 1 aromatic heterocycles. The number of likely N-dealkylation sites (tertiary alicyclic amines) is 3. The van der Waals surface area contributed by atoms with Crippen LogP contribution in [0.1, 0.15) is 148 Å². The average molecular weight is 1110 g/mol. The van der Waals surface area contributed by atoms with E-state index in [-0.39, 0.29) is 77.9 Å². The van der Waals surface area contributed by atoms with Crippen molar-refractivity contribution in [2.45, 2.75) is 146 Å². The van der Waals surface area contributed by atoms with Gasteiger partial charge in [-0.15, -0.1) is 0 Å². The highest BCUT2D eigenvalue weighted by molar-refractivity contribution is 5.98. The first-order chi connectivity index (χ1) is 39.0. The van der Waals surface area contributed by atoms with E-state index in [1.807, 2.05) is 60.9 Å². The zero-order valence-electron chi connectivity index (χ0n) is 47.4. The first-order valence-electron chi connectivity index (χ1n) is 29.7. The molecule has 0 radical (unpaired) electrons. The zero-order chi connectivity index (χ0) is 56.8. The van der Waals surface area contributed by atoms with Gasteiger partial charge in [0.05, 0.1) is 35.4 Å². The van der Waals surface area contributed by atoms with Gasteiger partial charge in [-0.05, 0) is 132 Å². The molecule has 81 heavy (non-hydrogen) atoms. The molecule has 0 bridgehead atoms. The number of benzene rings is 3. The fourth-order valence-electron chi connectivity index (χ4n) is 12.6. The summed E-state index contributed by atoms with van der Waals surface area (Å²) in [7, 11) is 0. The minimum absolute atomic E-state index is 0.000463. The van der Waals surface area contributed by atoms with Crippen LogP contribution in [0.25, 0.3) is 10.8 Å². The first-order valence-corrected chi connectivity index (χ1v) is 29.7. The second kappa shape index (κ2) is 25.6. The number of piperazine rings is 1. The van der Waals surface area contributed by atoms with E-state index < -0.39 is 29.5 Å². The van der Waals surface area contributed by atoms with Gasteiger partial charge < -0.3 is 34.4 Å². The lowest BCUT2D eigenvalue weighted by Crippen LogP contribution is -2.55. The molecule has 0 spiro atoms. The van der Waals surface area contributed by atoms with Gasteiger partial charge in [0.15, 0.2) is 0 Å². The highest BCUT2D eigenvalue weighted by Crippen LogP contribution is 2.33. The molecule has 434 valence electrons. The van der Waals surface area contributed by atoms with Crippen LogP contribution in [0.2, 0.25) is 0 Å². The van der Waals surface area contributed by atoms with Gasteiger partial charge in [-0.2, -0.15) is 5.10 Å². The number of carbonyl (C=O) groups excluding carboxylic acids is 6. The van der Waals surface area contributed by atoms with Crippen molar-refractivity contribution < 1.29 is 42.6 Å². The molecule has 2 saturated carbocycles. The monoisotopic (exact) mass is 1110 g/mol. The molecule has 19 heteroatoms. The van der Waals surface area contributed by atoms with E-state index in [9.17, 15) is 33.6 Å². The van der Waals surface area contributed by atoms with Gasteiger partial charge in [0.25, 0.3) is 17.4 Å². The Hall–Kier alpha value is -6.73. The SMILES string of the molecule is CC(C)(C)OC(=O)N(CC(=O)N1CCC[C@H](c2cccc(C(=O)NC(C(=O)N3CCC(OC4CCN(CC(=O)N5CCN(C(=O)c6cc(Cc7n[nH]c(=O)c8ccccc78)ccc6F)CC5)CC4)CC3)C3CCCCC3)c2)C1)C1CC1. The topological polar surface area (TPSA) is 198 Å². The lowest BCUT2D eigenvalue weighted by Gasteiger charge is -2.40. The van der Waals surface area contributed by atoms with Crippen LogP contribution in [-0.4, -0.2) is 184 Å². The lowest BCUT2D eigenvalue weighted by atomic mass is 9.83. The van der Waals surface area contributed by atoms with Crippen LogP contribution in [0.4, 0.5) is 9.18 Å². The van der Waals surface area contributed by atoms with Crippen molar-refractivity contribution in [3.05, 3.63) is 111 Å². The second-order valence-corrected chi connectivity index (χ2v) is 24.3. The number of fused-ring (bicyclic) bond motifs is 1. The molecule has 4 saturated heterocycles. The van der Waals surface area contributed by atoms with Crippen LogP contribution < -0.4 is 10.9 Å². The summed E-state index contributed by atoms with van der Waals surface area (Å²) in [5.41, 5.74) is 1.79. The summed E-state index contributed by atoms with van der Waals surface area (Å²) in [4.78, 5) is 106. The molecule has 3 aromatic carbocycles. The van der Waals surface area contributed by atoms with Gasteiger partial charge >= 0.3 is 6.09 Å². The summed E-state index contributed by atoms with van der Waals surface area (Å²) >= 11 is 0. The predicted octanol–water partition coefficient (Wildman–Crippen LogP) is 6.89. The van der Waals surface area contributed by atoms with Gasteiger partial charge in [-0.3, -0.25) is 38.6 Å². The Balaban J connectivity index is 0.657. The third kappa shape index (κ3) is 14.5. The lowest BCUT2D eigenvalue weighted by molar-refractivity contribution is -0.140. The number of ether oxygens (including phenoxy) is 2. The Morgan fingerprint density at radius 1 is 0.716 bits per heavy atom. The molecule has 4 aliphatic heterocycles. The molecule has 5 heterocycles. The normalized spacial score (nSPS) is 20.5. The summed E-state index contributed by atoms with van der Waals surface area (Å²) in [5.74, 6) is -1.37. The van der Waals surface area contributed by atoms with Gasteiger partial charge in [0, 0.05) is 94.8 Å². The summed E-state index contributed by atoms with van der Waals surface area (Å²) < 4.78 is 27.4. The Morgan fingerprint density at radius 3 is 2.11 bits per heavy atom. The van der Waals surface area contributed by atoms with Crippen molar-refractivity contribution in [3.63, 3.8) is 0 Å². The van der Waals surface area contributed by atoms with E-state index in [0.717, 1.165) is 76.2 Å². The van der Waals surface area contributed by atoms with E-state index in [4.69, 9.17) is 9.47 Å². The minimum atomic E-state index is -0.655. The second-order valence-electron chi connectivity index (χ2n) is 24.3. The number of rotatable bonds is 15. The van der Waals surface area contributed by atoms with Gasteiger partial charge in [0.1, 0.15) is 24.0 Å². The maximum atomic E-state index is 15.2. The molecule has 10 rings (SSSR count). The number of aromatic amines is 1. The number of amides is 6. The van der Waals surface area contributed by atoms with E-state index in [1.54, 1.807) is 45.0 Å². The summed E-state index contributed by atoms with van der Waals surface area (Å²) in [6, 6.07) is 18.6. The Bertz CT molecular complexity index is 2990. The Labute approximate surface area is 474 Å². The molecule has 18 nitrogen and oxygen atoms in total. The molecule has 2 aliphatic carbocycles. The molecule has 2 N–H and O–H groups in total. The van der Waals surface area contributed by atoms with Crippen LogP contribution in [0.15, 0.2) is 71.5 Å². The van der Waals surface area contributed by atoms with Gasteiger partial charge in [0.2, 0.25) is 17.7 Å². The number of aromatic nitrogens is 2. The van der Waals surface area contributed by atoms with Crippen LogP contribution in [-0.2, 0) is 30.3 Å². The molecule has 6 aliphatic rings. The van der Waals surface area contributed by atoms with Gasteiger partial charge in [-0.25, -0.2) is 14.3 Å². The number of hydrogen-bond acceptors (Lipinski definition) is 11. The van der Waals surface area contributed by atoms with Crippen LogP contribution in [0, 0.1) is 11.7 Å². The van der Waals surface area contributed by atoms with Crippen molar-refractivity contribution in [3.8, 4) is 0 Å². The molecule has 4 aromatic rings. The van der Waals surface area contributed by atoms with Gasteiger partial charge in [-0.1, -0.05) is 55.7 Å². The summed E-state index contributed by atoms with van der Waals surface area (Å²) in [6.45, 7) is 10.7. The van der Waals surface area contributed by atoms with Crippen LogP contribution in [0.3, 0.4) is 0 Å². The number of nitrogens with zero attached hydrogens (tertiary/aromatic N) is 7. The number of piperidine rings is 3. The Kier molecular flexibility index (Phi) is 18.2. The number of halogens is 1. The highest BCUT2D eigenvalue weighted by Gasteiger charge is 2.40. The number of H-pyrrole nitrogens is 1. The molecular weight excluding hydrogens is 1030 g/mol. The molecule has 6 amide bonds. The maximum absolute atomic E-state index is 15.2. The smallest absolute Gasteiger partial charge is 0.411 e. The fraction of sp³-hybridized carbons (Fsp3) is 0.581. The number of nitrogens with one attached hydrogen (secondary N) is 2. The molecule has 6 fully saturated rings. The highest BCUT2D eigenvalue weighted by atomic mass is 19.1. The summed E-state index contributed by atoms with van der Waals surface area (Å²) in [6.07, 6.45) is 11.2. The third-order valence-electron chi connectivity index (χ3n) is 17.3. The number of hydrogen-bond donors (Lipinski definition) is 2. The molecular formula is C62H80FN9O9. The zero-order valence-corrected chi connectivity index (χ0v) is 47.4. The van der Waals surface area contributed by atoms with Crippen molar-refractivity contribution in [2.24, 2.45) is 5.92 Å². The predicted molar refractivity (Wildman–Crippen MR) is 303 cm³/mol. The Morgan fingerprint density at radius 2 is 1.41 bits per heavy atom. The van der Waals surface area contributed by atoms with E-state index in [2.05, 4.69) is 20.4 Å². The standard InChI is InChI=1S/C62H80FN9O9/c1-62(2,3)81-61(79)72(46-19-20-46)40-55(74)71-26-10-15-45(38-71)43-13-9-14-44(37-43)57(75)64-56(42-11-5-4-6-12-42)60(78)69-29-24-48(25-30-69)80-47-22-27-67(28-23-47)39-54(73)68-31-33-70(34-32-68)59(77)51-35-41(18-21-52(51)63)36-53-49-16-7-8-17-50(49)58(76)66-65-53/h7-9,13-14,16-18,21,35,37,42,45-48,56H,4-6,10-12,15,19-20,22-34,36,38-40H2,1-3H3,(H,64,75)(H,66,76)/t45-,56?/m0/s1. The van der Waals surface area contributed by atoms with Crippen molar-refractivity contribution >= 4 is 46.4 Å². The fourth-order valence-corrected chi connectivity index (χ4v) is 12.6. The summed E-state index contributed by atoms with van der Waals surface area (Å²) in [5, 5.41) is 11.2. The van der Waals surface area contributed by atoms with Crippen molar-refractivity contribution in [2.75, 3.05) is 78.5 Å². The molecule has 1 unspecified atom stereocenters. The largest absolute Gasteiger partial charge is 0.444 e. The van der Waals surface area contributed by atoms with Crippen LogP contribution in [0.5, 0.6) is 0 Å². The molecule has 2 atom stereocenters. The van der Waals surface area contributed by atoms with E-state index in [1.165, 1.54) is 6.07 Å². The first kappa shape index (κ1) is 57.5. The average Bonchev–Trinajstić information content (AvgIpc) is 4.43. The quantitative estimate of drug-likeness (QED) is 0.126. The van der Waals surface area contributed by atoms with E-state index >= 15 is 4.39 Å². The van der Waals surface area contributed by atoms with Crippen molar-refractivity contribution in [1.82, 2.24) is 44.9 Å². The third-order valence-corrected chi connectivity index (χ3v) is 17.3. The van der Waals surface area contributed by atoms with E-state index in [0.29, 0.717) is 112 Å². The number of carbonyl (C=O) groups is 6. The van der Waals surface area contributed by atoms with Crippen molar-refractivity contribution in [1.29, 1.82) is 0 Å². The minimum Gasteiger partial charge on any atom is -0.444 e. The maximum Gasteiger partial charge on any atom is 0.411 e. The van der Waals surface area contributed by atoms with Crippen LogP contribution >= 0.6 is 0 Å².